The molecule has 0 bridgehead atoms. The molecular weight excluding hydrogens is 598 g/mol. The molecule has 0 radical (unpaired) electrons. The minimum absolute atomic E-state index is 0.0601. The summed E-state index contributed by atoms with van der Waals surface area (Å²) in [5.74, 6) is -0.354. The van der Waals surface area contributed by atoms with Gasteiger partial charge >= 0.3 is 5.97 Å². The van der Waals surface area contributed by atoms with E-state index in [0.29, 0.717) is 65.0 Å². The monoisotopic (exact) mass is 651 g/mol. The Hall–Kier alpha value is -3.05. The van der Waals surface area contributed by atoms with Gasteiger partial charge in [0.25, 0.3) is 8.32 Å². The lowest BCUT2D eigenvalue weighted by Gasteiger charge is -2.43. The van der Waals surface area contributed by atoms with E-state index in [1.165, 1.54) is 10.4 Å². The molecule has 0 aliphatic rings. The Bertz CT molecular complexity index is 1180. The van der Waals surface area contributed by atoms with E-state index in [0.717, 1.165) is 25.1 Å². The van der Waals surface area contributed by atoms with Crippen LogP contribution in [0.3, 0.4) is 0 Å². The lowest BCUT2D eigenvalue weighted by molar-refractivity contribution is -0.0109. The summed E-state index contributed by atoms with van der Waals surface area (Å²) >= 11 is 0. The van der Waals surface area contributed by atoms with Gasteiger partial charge in [-0.25, -0.2) is 4.79 Å². The molecule has 3 aromatic carbocycles. The first-order chi connectivity index (χ1) is 22.4. The van der Waals surface area contributed by atoms with E-state index in [1.807, 2.05) is 12.1 Å². The van der Waals surface area contributed by atoms with Gasteiger partial charge in [-0.3, -0.25) is 0 Å². The van der Waals surface area contributed by atoms with E-state index in [2.05, 4.69) is 93.7 Å². The van der Waals surface area contributed by atoms with E-state index in [1.54, 1.807) is 12.1 Å². The summed E-state index contributed by atoms with van der Waals surface area (Å²) in [6, 6.07) is 28.6. The number of unbranched alkanes of at least 4 members (excludes halogenated alkanes) is 1. The lowest BCUT2D eigenvalue weighted by atomic mass is 10.2. The smallest absolute Gasteiger partial charge is 0.338 e. The molecule has 1 N–H and O–H groups in total. The predicted octanol–water partition coefficient (Wildman–Crippen LogP) is 5.70. The molecule has 0 aromatic heterocycles. The average Bonchev–Trinajstić information content (AvgIpc) is 3.07. The second-order valence-corrected chi connectivity index (χ2v) is 16.3. The van der Waals surface area contributed by atoms with Crippen LogP contribution < -0.4 is 15.7 Å². The van der Waals surface area contributed by atoms with Gasteiger partial charge in [0.15, 0.2) is 0 Å². The zero-order chi connectivity index (χ0) is 32.9. The third-order valence-electron chi connectivity index (χ3n) is 7.52. The fraction of sp³-hybridized carbons (Fsp3) is 0.486. The molecule has 0 fully saturated rings. The van der Waals surface area contributed by atoms with Gasteiger partial charge in [0, 0.05) is 12.2 Å². The highest BCUT2D eigenvalue weighted by Crippen LogP contribution is 2.36. The number of hydrogen-bond donors (Lipinski definition) is 1. The zero-order valence-corrected chi connectivity index (χ0v) is 29.1. The molecule has 0 aliphatic carbocycles. The maximum Gasteiger partial charge on any atom is 0.338 e. The molecule has 0 aliphatic heterocycles. The van der Waals surface area contributed by atoms with Crippen LogP contribution in [0.4, 0.5) is 5.69 Å². The van der Waals surface area contributed by atoms with Gasteiger partial charge in [0.1, 0.15) is 6.61 Å². The molecule has 0 saturated heterocycles. The molecule has 46 heavy (non-hydrogen) atoms. The fourth-order valence-electron chi connectivity index (χ4n) is 5.19. The number of hydrogen-bond acceptors (Lipinski definition) is 8. The van der Waals surface area contributed by atoms with E-state index in [-0.39, 0.29) is 17.6 Å². The zero-order valence-electron chi connectivity index (χ0n) is 28.1. The quantitative estimate of drug-likeness (QED) is 0.0795. The Kier molecular flexibility index (Phi) is 17.0. The first-order valence-corrected chi connectivity index (χ1v) is 18.4. The number of benzene rings is 3. The number of esters is 1. The van der Waals surface area contributed by atoms with E-state index < -0.39 is 8.32 Å². The van der Waals surface area contributed by atoms with Crippen LogP contribution in [0, 0.1) is 0 Å². The number of anilines is 1. The largest absolute Gasteiger partial charge is 0.460 e. The minimum atomic E-state index is -2.54. The topological polar surface area (TPSA) is 84.5 Å². The molecule has 3 aromatic rings. The van der Waals surface area contributed by atoms with Crippen molar-refractivity contribution in [2.75, 3.05) is 77.9 Å². The van der Waals surface area contributed by atoms with Crippen molar-refractivity contribution < 1.29 is 32.9 Å². The normalized spacial score (nSPS) is 11.8. The van der Waals surface area contributed by atoms with Gasteiger partial charge in [0.05, 0.1) is 65.0 Å². The Balaban J connectivity index is 1.20. The van der Waals surface area contributed by atoms with E-state index >= 15 is 0 Å². The molecule has 252 valence electrons. The number of ether oxygens (including phenoxy) is 5. The number of nitrogens with one attached hydrogen (secondary N) is 1. The average molecular weight is 652 g/mol. The third-order valence-corrected chi connectivity index (χ3v) is 12.6. The molecule has 0 atom stereocenters. The summed E-state index contributed by atoms with van der Waals surface area (Å²) in [4.78, 5) is 12.2. The maximum absolute atomic E-state index is 12.2. The van der Waals surface area contributed by atoms with Crippen LogP contribution in [-0.4, -0.2) is 86.9 Å². The predicted molar refractivity (Wildman–Crippen MR) is 187 cm³/mol. The first kappa shape index (κ1) is 37.4. The van der Waals surface area contributed by atoms with Crippen LogP contribution in [0.5, 0.6) is 0 Å². The highest BCUT2D eigenvalue weighted by molar-refractivity contribution is 6.99. The van der Waals surface area contributed by atoms with Crippen LogP contribution in [-0.2, 0) is 28.1 Å². The van der Waals surface area contributed by atoms with Gasteiger partial charge < -0.3 is 33.4 Å². The summed E-state index contributed by atoms with van der Waals surface area (Å²) in [6.45, 7) is 14.2. The molecule has 0 heterocycles. The van der Waals surface area contributed by atoms with Crippen molar-refractivity contribution in [1.29, 1.82) is 0 Å². The summed E-state index contributed by atoms with van der Waals surface area (Å²) in [7, 11) is -2.54. The standard InChI is InChI=1S/C37H53NO7Si/c1-5-6-21-38-33-19-17-32(18-20-33)36(39)44-30-28-42-26-24-40-22-23-41-25-27-43-29-31-45-46(37(2,3)4,34-13-9-7-10-14-34)35-15-11-8-12-16-35/h7-20,38H,5-6,21-31H2,1-4H3. The fourth-order valence-corrected chi connectivity index (χ4v) is 9.73. The van der Waals surface area contributed by atoms with Crippen LogP contribution in [0.25, 0.3) is 0 Å². The van der Waals surface area contributed by atoms with Crippen molar-refractivity contribution in [3.8, 4) is 0 Å². The van der Waals surface area contributed by atoms with Crippen molar-refractivity contribution >= 4 is 30.3 Å². The highest BCUT2D eigenvalue weighted by Gasteiger charge is 2.50. The van der Waals surface area contributed by atoms with Crippen molar-refractivity contribution in [2.24, 2.45) is 0 Å². The number of rotatable bonds is 23. The number of carbonyl (C=O) groups excluding carboxylic acids is 1. The van der Waals surface area contributed by atoms with Crippen molar-refractivity contribution in [3.05, 3.63) is 90.5 Å². The Morgan fingerprint density at radius 3 is 1.54 bits per heavy atom. The van der Waals surface area contributed by atoms with Gasteiger partial charge in [-0.05, 0) is 46.1 Å². The SMILES string of the molecule is CCCCNc1ccc(C(=O)OCCOCCOCCOCCOCCO[Si](c2ccccc2)(c2ccccc2)C(C)(C)C)cc1. The molecule has 0 unspecified atom stereocenters. The van der Waals surface area contributed by atoms with Gasteiger partial charge in [-0.2, -0.15) is 0 Å². The van der Waals surface area contributed by atoms with Gasteiger partial charge in [0.2, 0.25) is 0 Å². The van der Waals surface area contributed by atoms with E-state index in [9.17, 15) is 4.79 Å². The Morgan fingerprint density at radius 1 is 0.630 bits per heavy atom. The van der Waals surface area contributed by atoms with Gasteiger partial charge in [-0.15, -0.1) is 0 Å². The van der Waals surface area contributed by atoms with Crippen molar-refractivity contribution in [1.82, 2.24) is 0 Å². The second-order valence-electron chi connectivity index (χ2n) is 12.0. The van der Waals surface area contributed by atoms with Gasteiger partial charge in [-0.1, -0.05) is 94.8 Å². The van der Waals surface area contributed by atoms with E-state index in [4.69, 9.17) is 28.1 Å². The number of carbonyl (C=O) groups is 1. The molecule has 9 heteroatoms. The second kappa shape index (κ2) is 20.9. The molecular formula is C37H53NO7Si. The Morgan fingerprint density at radius 2 is 1.09 bits per heavy atom. The molecule has 0 spiro atoms. The third kappa shape index (κ3) is 12.3. The van der Waals surface area contributed by atoms with Crippen LogP contribution >= 0.6 is 0 Å². The molecule has 8 nitrogen and oxygen atoms in total. The van der Waals surface area contributed by atoms with Crippen LogP contribution in [0.15, 0.2) is 84.9 Å². The summed E-state index contributed by atoms with van der Waals surface area (Å²) in [5, 5.41) is 5.79. The minimum Gasteiger partial charge on any atom is -0.460 e. The summed E-state index contributed by atoms with van der Waals surface area (Å²) in [5.41, 5.74) is 1.53. The van der Waals surface area contributed by atoms with Crippen molar-refractivity contribution in [2.45, 2.75) is 45.6 Å². The molecule has 0 amide bonds. The van der Waals surface area contributed by atoms with Crippen LogP contribution in [0.1, 0.15) is 50.9 Å². The molecule has 0 saturated carbocycles. The summed E-state index contributed by atoms with van der Waals surface area (Å²) < 4.78 is 34.6. The molecule has 3 rings (SSSR count). The highest BCUT2D eigenvalue weighted by atomic mass is 28.4. The summed E-state index contributed by atoms with van der Waals surface area (Å²) in [6.07, 6.45) is 2.25. The maximum atomic E-state index is 12.2. The Labute approximate surface area is 276 Å². The first-order valence-electron chi connectivity index (χ1n) is 16.5. The van der Waals surface area contributed by atoms with Crippen molar-refractivity contribution in [3.63, 3.8) is 0 Å². The van der Waals surface area contributed by atoms with Crippen LogP contribution in [0.2, 0.25) is 5.04 Å². The lowest BCUT2D eigenvalue weighted by Crippen LogP contribution is -2.66.